The molecule has 3 rings (SSSR count). The summed E-state index contributed by atoms with van der Waals surface area (Å²) in [5.74, 6) is -2.10. The molecular weight excluding hydrogens is 399 g/mol. The lowest BCUT2D eigenvalue weighted by atomic mass is 10.1. The zero-order chi connectivity index (χ0) is 21.9. The van der Waals surface area contributed by atoms with Crippen molar-refractivity contribution in [1.29, 1.82) is 0 Å². The number of hydrogen-bond donors (Lipinski definition) is 1. The molecule has 2 amide bonds. The van der Waals surface area contributed by atoms with Crippen molar-refractivity contribution in [2.45, 2.75) is 25.2 Å². The van der Waals surface area contributed by atoms with Gasteiger partial charge in [-0.25, -0.2) is 4.99 Å². The number of amidine groups is 1. The third kappa shape index (κ3) is 3.74. The number of methoxy groups -OCH3 is 1. The number of amides is 2. The number of aliphatic imine (C=N–C) groups is 1. The molecule has 1 aliphatic rings. The van der Waals surface area contributed by atoms with Gasteiger partial charge in [0.25, 0.3) is 11.8 Å². The highest BCUT2D eigenvalue weighted by Crippen LogP contribution is 2.38. The van der Waals surface area contributed by atoms with Gasteiger partial charge in [0.15, 0.2) is 0 Å². The Labute approximate surface area is 171 Å². The van der Waals surface area contributed by atoms with Crippen LogP contribution in [0.3, 0.4) is 0 Å². The van der Waals surface area contributed by atoms with Crippen LogP contribution in [0.4, 0.5) is 13.2 Å². The monoisotopic (exact) mass is 419 g/mol. The van der Waals surface area contributed by atoms with Crippen molar-refractivity contribution < 1.29 is 27.5 Å². The summed E-state index contributed by atoms with van der Waals surface area (Å²) in [6.07, 6.45) is -4.73. The Hall–Kier alpha value is -3.36. The average molecular weight is 419 g/mol. The van der Waals surface area contributed by atoms with Crippen molar-refractivity contribution >= 4 is 17.6 Å². The maximum Gasteiger partial charge on any atom is 0.442 e. The Morgan fingerprint density at radius 1 is 1.13 bits per heavy atom. The van der Waals surface area contributed by atoms with Gasteiger partial charge in [0, 0.05) is 17.7 Å². The summed E-state index contributed by atoms with van der Waals surface area (Å²) in [6.45, 7) is 1.77. The van der Waals surface area contributed by atoms with Crippen LogP contribution in [-0.4, -0.2) is 48.0 Å². The van der Waals surface area contributed by atoms with Gasteiger partial charge in [0.2, 0.25) is 0 Å². The van der Waals surface area contributed by atoms with Crippen LogP contribution in [0.25, 0.3) is 0 Å². The molecule has 9 heteroatoms. The molecule has 1 heterocycles. The molecule has 0 radical (unpaired) electrons. The van der Waals surface area contributed by atoms with Crippen LogP contribution in [0, 0.1) is 0 Å². The first-order chi connectivity index (χ1) is 14.2. The molecule has 2 aromatic carbocycles. The van der Waals surface area contributed by atoms with Gasteiger partial charge in [0.05, 0.1) is 7.11 Å². The lowest BCUT2D eigenvalue weighted by Crippen LogP contribution is -2.63. The van der Waals surface area contributed by atoms with Gasteiger partial charge in [-0.1, -0.05) is 37.3 Å². The lowest BCUT2D eigenvalue weighted by Gasteiger charge is -2.29. The Morgan fingerprint density at radius 2 is 1.77 bits per heavy atom. The molecule has 1 unspecified atom stereocenters. The van der Waals surface area contributed by atoms with Gasteiger partial charge in [-0.15, -0.1) is 0 Å². The first-order valence-electron chi connectivity index (χ1n) is 9.24. The number of hydrogen-bond acceptors (Lipinski definition) is 4. The quantitative estimate of drug-likeness (QED) is 0.780. The minimum absolute atomic E-state index is 0.0306. The van der Waals surface area contributed by atoms with Crippen LogP contribution in [0.1, 0.15) is 29.3 Å². The Kier molecular flexibility index (Phi) is 5.82. The highest BCUT2D eigenvalue weighted by atomic mass is 19.4. The van der Waals surface area contributed by atoms with E-state index in [2.05, 4.69) is 4.99 Å². The van der Waals surface area contributed by atoms with E-state index in [9.17, 15) is 22.8 Å². The van der Waals surface area contributed by atoms with Crippen molar-refractivity contribution in [2.75, 3.05) is 13.7 Å². The molecule has 0 saturated heterocycles. The van der Waals surface area contributed by atoms with Crippen LogP contribution < -0.4 is 10.1 Å². The van der Waals surface area contributed by atoms with E-state index in [0.29, 0.717) is 17.7 Å². The summed E-state index contributed by atoms with van der Waals surface area (Å²) >= 11 is 0. The van der Waals surface area contributed by atoms with Gasteiger partial charge >= 0.3 is 11.8 Å². The van der Waals surface area contributed by atoms with Crippen LogP contribution in [0.2, 0.25) is 0 Å². The minimum Gasteiger partial charge on any atom is -0.497 e. The van der Waals surface area contributed by atoms with Gasteiger partial charge in [-0.3, -0.25) is 14.5 Å². The second-order valence-corrected chi connectivity index (χ2v) is 6.65. The number of ether oxygens (including phenoxy) is 1. The largest absolute Gasteiger partial charge is 0.497 e. The Bertz CT molecular complexity index is 959. The summed E-state index contributed by atoms with van der Waals surface area (Å²) in [4.78, 5) is 30.3. The summed E-state index contributed by atoms with van der Waals surface area (Å²) in [5, 5.41) is 1.84. The first-order valence-corrected chi connectivity index (χ1v) is 9.24. The van der Waals surface area contributed by atoms with E-state index in [-0.39, 0.29) is 17.9 Å². The zero-order valence-electron chi connectivity index (χ0n) is 16.4. The van der Waals surface area contributed by atoms with E-state index in [4.69, 9.17) is 4.74 Å². The maximum absolute atomic E-state index is 14.2. The molecule has 0 spiro atoms. The smallest absolute Gasteiger partial charge is 0.442 e. The van der Waals surface area contributed by atoms with Crippen molar-refractivity contribution in [1.82, 2.24) is 10.2 Å². The molecule has 1 aliphatic heterocycles. The average Bonchev–Trinajstić information content (AvgIpc) is 3.02. The van der Waals surface area contributed by atoms with Gasteiger partial charge < -0.3 is 10.1 Å². The van der Waals surface area contributed by atoms with E-state index in [1.54, 1.807) is 37.3 Å². The normalized spacial score (nSPS) is 18.9. The molecule has 158 valence electrons. The van der Waals surface area contributed by atoms with E-state index in [0.717, 1.165) is 4.90 Å². The van der Waals surface area contributed by atoms with Gasteiger partial charge in [-0.05, 0) is 30.7 Å². The van der Waals surface area contributed by atoms with E-state index in [1.807, 2.05) is 5.32 Å². The number of alkyl halides is 3. The Balaban J connectivity index is 2.06. The maximum atomic E-state index is 14.2. The molecule has 0 saturated carbocycles. The predicted molar refractivity (Wildman–Crippen MR) is 104 cm³/mol. The van der Waals surface area contributed by atoms with Crippen molar-refractivity contribution in [3.63, 3.8) is 0 Å². The number of rotatable bonds is 6. The number of halogens is 3. The molecule has 0 fully saturated rings. The first kappa shape index (κ1) is 21.4. The zero-order valence-corrected chi connectivity index (χ0v) is 16.4. The number of nitrogens with zero attached hydrogens (tertiary/aromatic N) is 2. The van der Waals surface area contributed by atoms with Crippen LogP contribution >= 0.6 is 0 Å². The molecular formula is C21H20F3N3O3. The highest BCUT2D eigenvalue weighted by Gasteiger charge is 2.67. The second kappa shape index (κ2) is 8.17. The summed E-state index contributed by atoms with van der Waals surface area (Å²) < 4.78 is 47.5. The third-order valence-corrected chi connectivity index (χ3v) is 4.62. The fourth-order valence-corrected chi connectivity index (χ4v) is 3.11. The molecule has 1 N–H and O–H groups in total. The topological polar surface area (TPSA) is 71.0 Å². The summed E-state index contributed by atoms with van der Waals surface area (Å²) in [6, 6.07) is 13.6. The van der Waals surface area contributed by atoms with E-state index in [1.165, 1.54) is 31.4 Å². The number of benzene rings is 2. The Morgan fingerprint density at radius 3 is 2.30 bits per heavy atom. The minimum atomic E-state index is -5.14. The van der Waals surface area contributed by atoms with Crippen LogP contribution in [-0.2, 0) is 4.79 Å². The molecule has 6 nitrogen and oxygen atoms in total. The van der Waals surface area contributed by atoms with Crippen LogP contribution in [0.5, 0.6) is 5.75 Å². The van der Waals surface area contributed by atoms with E-state index >= 15 is 0 Å². The standard InChI is InChI=1S/C21H20F3N3O3/c1-3-13-27-17(14-7-5-4-6-8-14)25-20(19(27)29,21(22,23)24)26-18(28)15-9-11-16(30-2)12-10-15/h4-12H,3,13H2,1-2H3,(H,26,28). The highest BCUT2D eigenvalue weighted by molar-refractivity contribution is 6.16. The molecule has 0 bridgehead atoms. The SMILES string of the molecule is CCCN1C(=O)C(NC(=O)c2ccc(OC)cc2)(C(F)(F)F)N=C1c1ccccc1. The van der Waals surface area contributed by atoms with Crippen molar-refractivity contribution in [2.24, 2.45) is 4.99 Å². The van der Waals surface area contributed by atoms with E-state index < -0.39 is 23.7 Å². The summed E-state index contributed by atoms with van der Waals surface area (Å²) in [5.41, 5.74) is -3.11. The number of nitrogens with one attached hydrogen (secondary N) is 1. The second-order valence-electron chi connectivity index (χ2n) is 6.65. The fraction of sp³-hybridized carbons (Fsp3) is 0.286. The fourth-order valence-electron chi connectivity index (χ4n) is 3.11. The number of carbonyl (C=O) groups is 2. The third-order valence-electron chi connectivity index (χ3n) is 4.62. The molecule has 0 aliphatic carbocycles. The molecule has 0 aromatic heterocycles. The van der Waals surface area contributed by atoms with Gasteiger partial charge in [-0.2, -0.15) is 13.2 Å². The van der Waals surface area contributed by atoms with Crippen molar-refractivity contribution in [3.8, 4) is 5.75 Å². The van der Waals surface area contributed by atoms with Crippen molar-refractivity contribution in [3.05, 3.63) is 65.7 Å². The number of carbonyl (C=O) groups excluding carboxylic acids is 2. The lowest BCUT2D eigenvalue weighted by molar-refractivity contribution is -0.196. The molecule has 1 atom stereocenters. The molecule has 2 aromatic rings. The molecule has 30 heavy (non-hydrogen) atoms. The predicted octanol–water partition coefficient (Wildman–Crippen LogP) is 3.38. The summed E-state index contributed by atoms with van der Waals surface area (Å²) in [7, 11) is 1.42. The van der Waals surface area contributed by atoms with Crippen LogP contribution in [0.15, 0.2) is 59.6 Å². The van der Waals surface area contributed by atoms with Gasteiger partial charge in [0.1, 0.15) is 11.6 Å².